The average molecular weight is 174 g/mol. The Balaban J connectivity index is 2.14. The molecule has 0 aliphatic heterocycles. The summed E-state index contributed by atoms with van der Waals surface area (Å²) in [6, 6.07) is 2.07. The third kappa shape index (κ3) is 2.39. The lowest BCUT2D eigenvalue weighted by atomic mass is 10.1. The molecule has 1 nitrogen and oxygen atoms in total. The summed E-state index contributed by atoms with van der Waals surface area (Å²) in [5, 5.41) is 0. The Morgan fingerprint density at radius 3 is 3.08 bits per heavy atom. The van der Waals surface area contributed by atoms with Crippen molar-refractivity contribution < 1.29 is 4.42 Å². The van der Waals surface area contributed by atoms with Gasteiger partial charge in [-0.2, -0.15) is 0 Å². The van der Waals surface area contributed by atoms with Gasteiger partial charge in [-0.15, -0.1) is 0 Å². The number of fused-ring (bicyclic) bond motifs is 2. The molecule has 1 aliphatic carbocycles. The summed E-state index contributed by atoms with van der Waals surface area (Å²) >= 11 is 0. The molecule has 1 heterocycles. The van der Waals surface area contributed by atoms with Crippen LogP contribution in [0.15, 0.2) is 16.7 Å². The fourth-order valence-electron chi connectivity index (χ4n) is 1.62. The predicted octanol–water partition coefficient (Wildman–Crippen LogP) is 3.14. The van der Waals surface area contributed by atoms with Crippen molar-refractivity contribution in [3.05, 3.63) is 23.7 Å². The Morgan fingerprint density at radius 1 is 1.15 bits per heavy atom. The molecule has 0 radical (unpaired) electrons. The minimum Gasteiger partial charge on any atom is -0.456 e. The van der Waals surface area contributed by atoms with Gasteiger partial charge in [0.05, 0.1) is 6.26 Å². The largest absolute Gasteiger partial charge is 0.456 e. The number of rotatable bonds is 0. The lowest BCUT2D eigenvalue weighted by Crippen LogP contribution is -1.82. The van der Waals surface area contributed by atoms with E-state index in [1.165, 1.54) is 31.2 Å². The molecule has 0 atom stereocenters. The molecule has 1 aromatic rings. The first-order valence-corrected chi connectivity index (χ1v) is 5.01. The van der Waals surface area contributed by atoms with Crippen LogP contribution < -0.4 is 0 Å². The number of furan rings is 1. The van der Waals surface area contributed by atoms with E-state index in [4.69, 9.17) is 4.42 Å². The smallest absolute Gasteiger partial charge is 0.176 e. The van der Waals surface area contributed by atoms with Gasteiger partial charge in [-0.1, -0.05) is 18.8 Å². The van der Waals surface area contributed by atoms with Crippen molar-refractivity contribution in [3.8, 4) is 11.8 Å². The summed E-state index contributed by atoms with van der Waals surface area (Å²) in [6.07, 6.45) is 9.14. The summed E-state index contributed by atoms with van der Waals surface area (Å²) in [5.41, 5.74) is 1.30. The van der Waals surface area contributed by atoms with E-state index in [1.54, 1.807) is 0 Å². The summed E-state index contributed by atoms with van der Waals surface area (Å²) < 4.78 is 5.31. The van der Waals surface area contributed by atoms with Crippen LogP contribution in [0.2, 0.25) is 0 Å². The Hall–Kier alpha value is -1.16. The van der Waals surface area contributed by atoms with Crippen LogP contribution in [0.3, 0.4) is 0 Å². The maximum Gasteiger partial charge on any atom is 0.176 e. The van der Waals surface area contributed by atoms with Gasteiger partial charge in [0, 0.05) is 6.42 Å². The van der Waals surface area contributed by atoms with Gasteiger partial charge >= 0.3 is 0 Å². The Morgan fingerprint density at radius 2 is 2.08 bits per heavy atom. The highest BCUT2D eigenvalue weighted by Gasteiger charge is 2.00. The molecule has 0 spiro atoms. The van der Waals surface area contributed by atoms with E-state index in [1.807, 2.05) is 6.26 Å². The van der Waals surface area contributed by atoms with E-state index in [9.17, 15) is 0 Å². The van der Waals surface area contributed by atoms with Crippen LogP contribution in [-0.2, 0) is 6.42 Å². The molecule has 0 saturated carbocycles. The highest BCUT2D eigenvalue weighted by Crippen LogP contribution is 2.13. The second kappa shape index (κ2) is 4.18. The third-order valence-electron chi connectivity index (χ3n) is 2.38. The second-order valence-corrected chi connectivity index (χ2v) is 3.54. The molecule has 0 fully saturated rings. The lowest BCUT2D eigenvalue weighted by molar-refractivity contribution is 0.548. The van der Waals surface area contributed by atoms with E-state index in [-0.39, 0.29) is 0 Å². The lowest BCUT2D eigenvalue weighted by Gasteiger charge is -1.96. The molecule has 0 saturated heterocycles. The second-order valence-electron chi connectivity index (χ2n) is 3.54. The van der Waals surface area contributed by atoms with Crippen LogP contribution >= 0.6 is 0 Å². The Labute approximate surface area is 79.1 Å². The van der Waals surface area contributed by atoms with Crippen LogP contribution in [0.5, 0.6) is 0 Å². The van der Waals surface area contributed by atoms with Gasteiger partial charge < -0.3 is 4.42 Å². The minimum absolute atomic E-state index is 0.830. The standard InChI is InChI=1S/C12H14O/c1-2-4-6-8-12-9-11(10-13-12)7-5-3-1/h9-10H,1-5,7H2. The zero-order valence-electron chi connectivity index (χ0n) is 7.81. The highest BCUT2D eigenvalue weighted by molar-refractivity contribution is 5.28. The maximum atomic E-state index is 5.31. The Bertz CT molecular complexity index is 324. The van der Waals surface area contributed by atoms with Gasteiger partial charge in [0.25, 0.3) is 0 Å². The Kier molecular flexibility index (Phi) is 2.72. The van der Waals surface area contributed by atoms with E-state index in [2.05, 4.69) is 17.9 Å². The molecular formula is C12H14O. The van der Waals surface area contributed by atoms with Crippen molar-refractivity contribution in [2.75, 3.05) is 0 Å². The molecule has 1 aliphatic rings. The van der Waals surface area contributed by atoms with Crippen LogP contribution in [0.4, 0.5) is 0 Å². The van der Waals surface area contributed by atoms with Crippen molar-refractivity contribution in [2.45, 2.75) is 38.5 Å². The van der Waals surface area contributed by atoms with E-state index in [0.29, 0.717) is 0 Å². The van der Waals surface area contributed by atoms with Crippen molar-refractivity contribution in [1.29, 1.82) is 0 Å². The first kappa shape index (κ1) is 8.44. The molecule has 13 heavy (non-hydrogen) atoms. The molecule has 0 N–H and O–H groups in total. The van der Waals surface area contributed by atoms with Gasteiger partial charge in [-0.25, -0.2) is 0 Å². The molecule has 0 amide bonds. The van der Waals surface area contributed by atoms with Crippen LogP contribution in [-0.4, -0.2) is 0 Å². The first-order valence-electron chi connectivity index (χ1n) is 5.01. The predicted molar refractivity (Wildman–Crippen MR) is 52.4 cm³/mol. The summed E-state index contributed by atoms with van der Waals surface area (Å²) in [4.78, 5) is 0. The minimum atomic E-state index is 0.830. The number of hydrogen-bond acceptors (Lipinski definition) is 1. The summed E-state index contributed by atoms with van der Waals surface area (Å²) in [7, 11) is 0. The number of hydrogen-bond donors (Lipinski definition) is 0. The molecule has 1 heteroatoms. The van der Waals surface area contributed by atoms with Gasteiger partial charge in [-0.3, -0.25) is 0 Å². The molecule has 2 rings (SSSR count). The normalized spacial score (nSPS) is 16.9. The van der Waals surface area contributed by atoms with Crippen LogP contribution in [0, 0.1) is 11.8 Å². The fourth-order valence-corrected chi connectivity index (χ4v) is 1.62. The van der Waals surface area contributed by atoms with E-state index >= 15 is 0 Å². The van der Waals surface area contributed by atoms with Crippen molar-refractivity contribution >= 4 is 0 Å². The molecule has 0 unspecified atom stereocenters. The van der Waals surface area contributed by atoms with E-state index in [0.717, 1.165) is 18.6 Å². The first-order chi connectivity index (χ1) is 6.45. The van der Waals surface area contributed by atoms with Crippen molar-refractivity contribution in [1.82, 2.24) is 0 Å². The maximum absolute atomic E-state index is 5.31. The fraction of sp³-hybridized carbons (Fsp3) is 0.500. The van der Waals surface area contributed by atoms with Gasteiger partial charge in [0.15, 0.2) is 5.76 Å². The summed E-state index contributed by atoms with van der Waals surface area (Å²) in [6.45, 7) is 0. The molecular weight excluding hydrogens is 160 g/mol. The molecule has 2 bridgehead atoms. The van der Waals surface area contributed by atoms with Crippen LogP contribution in [0.1, 0.15) is 43.4 Å². The monoisotopic (exact) mass is 174 g/mol. The number of aryl methyl sites for hydroxylation is 1. The third-order valence-corrected chi connectivity index (χ3v) is 2.38. The zero-order chi connectivity index (χ0) is 8.93. The molecule has 1 aromatic heterocycles. The highest BCUT2D eigenvalue weighted by atomic mass is 16.3. The van der Waals surface area contributed by atoms with Gasteiger partial charge in [-0.05, 0) is 36.8 Å². The van der Waals surface area contributed by atoms with E-state index < -0.39 is 0 Å². The summed E-state index contributed by atoms with van der Waals surface area (Å²) in [5.74, 6) is 7.01. The topological polar surface area (TPSA) is 13.1 Å². The van der Waals surface area contributed by atoms with Gasteiger partial charge in [0.1, 0.15) is 0 Å². The van der Waals surface area contributed by atoms with Crippen molar-refractivity contribution in [2.24, 2.45) is 0 Å². The molecule has 0 aromatic carbocycles. The van der Waals surface area contributed by atoms with Gasteiger partial charge in [0.2, 0.25) is 0 Å². The SMILES string of the molecule is C1#Cc2cc(co2)CCCCCC1. The quantitative estimate of drug-likeness (QED) is 0.551. The van der Waals surface area contributed by atoms with Crippen LogP contribution in [0.25, 0.3) is 0 Å². The zero-order valence-corrected chi connectivity index (χ0v) is 7.81. The van der Waals surface area contributed by atoms with Crippen molar-refractivity contribution in [3.63, 3.8) is 0 Å². The molecule has 68 valence electrons. The average Bonchev–Trinajstić information content (AvgIpc) is 2.52.